The van der Waals surface area contributed by atoms with Crippen molar-refractivity contribution in [2.45, 2.75) is 13.0 Å². The summed E-state index contributed by atoms with van der Waals surface area (Å²) in [5, 5.41) is 3.05. The molecular weight excluding hydrogens is 325 g/mol. The third kappa shape index (κ3) is 4.67. The average molecular weight is 345 g/mol. The third-order valence-electron chi connectivity index (χ3n) is 4.13. The molecule has 2 nitrogen and oxygen atoms in total. The van der Waals surface area contributed by atoms with Gasteiger partial charge in [0.25, 0.3) is 0 Å². The third-order valence-corrected chi connectivity index (χ3v) is 4.13. The van der Waals surface area contributed by atoms with E-state index in [1.54, 1.807) is 18.2 Å². The Morgan fingerprint density at radius 3 is 2.15 bits per heavy atom. The molecule has 0 fully saturated rings. The van der Waals surface area contributed by atoms with Gasteiger partial charge in [-0.05, 0) is 41.8 Å². The van der Waals surface area contributed by atoms with Crippen LogP contribution < -0.4 is 5.32 Å². The topological polar surface area (TPSA) is 29.1 Å². The smallest absolute Gasteiger partial charge is 0.244 e. The molecule has 0 saturated heterocycles. The van der Waals surface area contributed by atoms with Crippen LogP contribution in [0.15, 0.2) is 84.9 Å². The van der Waals surface area contributed by atoms with Crippen molar-refractivity contribution in [3.8, 4) is 0 Å². The SMILES string of the molecule is Cc1ccc(C(NC(=O)/C=C/c2ccc(F)cc2)c2ccccc2)cc1. The lowest BCUT2D eigenvalue weighted by molar-refractivity contribution is -0.116. The quantitative estimate of drug-likeness (QED) is 0.644. The minimum absolute atomic E-state index is 0.205. The highest BCUT2D eigenvalue weighted by Gasteiger charge is 2.15. The van der Waals surface area contributed by atoms with Crippen molar-refractivity contribution in [2.24, 2.45) is 0 Å². The molecule has 1 amide bonds. The number of carbonyl (C=O) groups is 1. The largest absolute Gasteiger partial charge is 0.342 e. The number of nitrogens with one attached hydrogen (secondary N) is 1. The Hall–Kier alpha value is -3.20. The summed E-state index contributed by atoms with van der Waals surface area (Å²) < 4.78 is 13.0. The Morgan fingerprint density at radius 2 is 1.50 bits per heavy atom. The molecule has 0 spiro atoms. The number of rotatable bonds is 5. The van der Waals surface area contributed by atoms with Gasteiger partial charge in [0.15, 0.2) is 0 Å². The molecule has 0 aliphatic heterocycles. The summed E-state index contributed by atoms with van der Waals surface area (Å²) in [5.74, 6) is -0.501. The van der Waals surface area contributed by atoms with Gasteiger partial charge in [0.2, 0.25) is 5.91 Å². The highest BCUT2D eigenvalue weighted by molar-refractivity contribution is 5.92. The van der Waals surface area contributed by atoms with E-state index < -0.39 is 0 Å². The first-order chi connectivity index (χ1) is 12.6. The van der Waals surface area contributed by atoms with E-state index in [0.29, 0.717) is 0 Å². The lowest BCUT2D eigenvalue weighted by Crippen LogP contribution is -2.27. The van der Waals surface area contributed by atoms with Gasteiger partial charge in [-0.1, -0.05) is 72.3 Å². The van der Waals surface area contributed by atoms with E-state index >= 15 is 0 Å². The van der Waals surface area contributed by atoms with Crippen molar-refractivity contribution in [1.29, 1.82) is 0 Å². The van der Waals surface area contributed by atoms with Crippen LogP contribution in [0.4, 0.5) is 4.39 Å². The minimum atomic E-state index is -0.296. The molecule has 0 bridgehead atoms. The van der Waals surface area contributed by atoms with Crippen LogP contribution in [0.2, 0.25) is 0 Å². The van der Waals surface area contributed by atoms with Crippen molar-refractivity contribution in [1.82, 2.24) is 5.32 Å². The second-order valence-corrected chi connectivity index (χ2v) is 6.15. The molecule has 3 aromatic carbocycles. The van der Waals surface area contributed by atoms with Gasteiger partial charge in [0, 0.05) is 6.08 Å². The Morgan fingerprint density at radius 1 is 0.885 bits per heavy atom. The molecule has 130 valence electrons. The first-order valence-corrected chi connectivity index (χ1v) is 8.47. The van der Waals surface area contributed by atoms with Gasteiger partial charge in [-0.25, -0.2) is 4.39 Å². The van der Waals surface area contributed by atoms with Crippen LogP contribution in [-0.4, -0.2) is 5.91 Å². The maximum atomic E-state index is 13.0. The van der Waals surface area contributed by atoms with Gasteiger partial charge in [0.05, 0.1) is 6.04 Å². The van der Waals surface area contributed by atoms with Crippen molar-refractivity contribution < 1.29 is 9.18 Å². The van der Waals surface area contributed by atoms with Crippen LogP contribution in [-0.2, 0) is 4.79 Å². The van der Waals surface area contributed by atoms with E-state index in [-0.39, 0.29) is 17.8 Å². The first kappa shape index (κ1) is 17.6. The number of hydrogen-bond donors (Lipinski definition) is 1. The fourth-order valence-corrected chi connectivity index (χ4v) is 2.70. The summed E-state index contributed by atoms with van der Waals surface area (Å²) in [6.45, 7) is 2.03. The van der Waals surface area contributed by atoms with Crippen molar-refractivity contribution in [3.63, 3.8) is 0 Å². The van der Waals surface area contributed by atoms with Gasteiger partial charge in [-0.15, -0.1) is 0 Å². The van der Waals surface area contributed by atoms with E-state index in [1.165, 1.54) is 23.8 Å². The van der Waals surface area contributed by atoms with E-state index in [4.69, 9.17) is 0 Å². The molecule has 3 rings (SSSR count). The maximum Gasteiger partial charge on any atom is 0.244 e. The molecule has 0 radical (unpaired) electrons. The normalized spacial score (nSPS) is 12.1. The zero-order chi connectivity index (χ0) is 18.4. The van der Waals surface area contributed by atoms with Crippen LogP contribution >= 0.6 is 0 Å². The second-order valence-electron chi connectivity index (χ2n) is 6.15. The summed E-state index contributed by atoms with van der Waals surface area (Å²) in [7, 11) is 0. The molecule has 1 atom stereocenters. The highest BCUT2D eigenvalue weighted by Crippen LogP contribution is 2.22. The Balaban J connectivity index is 1.80. The highest BCUT2D eigenvalue weighted by atomic mass is 19.1. The predicted molar refractivity (Wildman–Crippen MR) is 103 cm³/mol. The van der Waals surface area contributed by atoms with Crippen LogP contribution in [0.5, 0.6) is 0 Å². The zero-order valence-corrected chi connectivity index (χ0v) is 14.5. The monoisotopic (exact) mass is 345 g/mol. The zero-order valence-electron chi connectivity index (χ0n) is 14.5. The molecule has 0 aliphatic carbocycles. The minimum Gasteiger partial charge on any atom is -0.342 e. The maximum absolute atomic E-state index is 13.0. The van der Waals surface area contributed by atoms with Gasteiger partial charge in [-0.2, -0.15) is 0 Å². The lowest BCUT2D eigenvalue weighted by Gasteiger charge is -2.19. The summed E-state index contributed by atoms with van der Waals surface area (Å²) in [6.07, 6.45) is 3.14. The Labute approximate surface area is 153 Å². The first-order valence-electron chi connectivity index (χ1n) is 8.47. The predicted octanol–water partition coefficient (Wildman–Crippen LogP) is 5.05. The summed E-state index contributed by atoms with van der Waals surface area (Å²) in [5.41, 5.74) is 3.97. The van der Waals surface area contributed by atoms with E-state index in [1.807, 2.05) is 61.5 Å². The van der Waals surface area contributed by atoms with Crippen LogP contribution in [0.1, 0.15) is 28.3 Å². The van der Waals surface area contributed by atoms with Crippen molar-refractivity contribution in [2.75, 3.05) is 0 Å². The number of benzene rings is 3. The number of aryl methyl sites for hydroxylation is 1. The molecule has 0 saturated carbocycles. The van der Waals surface area contributed by atoms with Crippen LogP contribution in [0.25, 0.3) is 6.08 Å². The molecular formula is C23H20FNO. The van der Waals surface area contributed by atoms with Crippen molar-refractivity contribution >= 4 is 12.0 Å². The van der Waals surface area contributed by atoms with Gasteiger partial charge < -0.3 is 5.32 Å². The molecule has 0 aromatic heterocycles. The standard InChI is InChI=1S/C23H20FNO/c1-17-7-12-20(13-8-17)23(19-5-3-2-4-6-19)25-22(26)16-11-18-9-14-21(24)15-10-18/h2-16,23H,1H3,(H,25,26)/b16-11+. The fourth-order valence-electron chi connectivity index (χ4n) is 2.70. The van der Waals surface area contributed by atoms with Crippen LogP contribution in [0, 0.1) is 12.7 Å². The fraction of sp³-hybridized carbons (Fsp3) is 0.0870. The number of hydrogen-bond acceptors (Lipinski definition) is 1. The molecule has 3 heteroatoms. The summed E-state index contributed by atoms with van der Waals surface area (Å²) in [4.78, 5) is 12.4. The Kier molecular flexibility index (Phi) is 5.59. The second kappa shape index (κ2) is 8.26. The Bertz CT molecular complexity index is 884. The van der Waals surface area contributed by atoms with Gasteiger partial charge >= 0.3 is 0 Å². The van der Waals surface area contributed by atoms with Gasteiger partial charge in [-0.3, -0.25) is 4.79 Å². The molecule has 1 unspecified atom stereocenters. The lowest BCUT2D eigenvalue weighted by atomic mass is 9.98. The molecule has 0 aliphatic rings. The van der Waals surface area contributed by atoms with Gasteiger partial charge in [0.1, 0.15) is 5.82 Å². The summed E-state index contributed by atoms with van der Waals surface area (Å²) >= 11 is 0. The van der Waals surface area contributed by atoms with Crippen molar-refractivity contribution in [3.05, 3.63) is 113 Å². The van der Waals surface area contributed by atoms with E-state index in [2.05, 4.69) is 5.32 Å². The summed E-state index contributed by atoms with van der Waals surface area (Å²) in [6, 6.07) is 23.7. The number of carbonyl (C=O) groups excluding carboxylic acids is 1. The number of halogens is 1. The molecule has 0 heterocycles. The van der Waals surface area contributed by atoms with Crippen LogP contribution in [0.3, 0.4) is 0 Å². The average Bonchev–Trinajstić information content (AvgIpc) is 2.67. The molecule has 3 aromatic rings. The molecule has 26 heavy (non-hydrogen) atoms. The van der Waals surface area contributed by atoms with E-state index in [9.17, 15) is 9.18 Å². The van der Waals surface area contributed by atoms with E-state index in [0.717, 1.165) is 16.7 Å². The molecule has 1 N–H and O–H groups in total. The number of amides is 1.